The van der Waals surface area contributed by atoms with Crippen molar-refractivity contribution in [3.8, 4) is 5.82 Å². The first-order chi connectivity index (χ1) is 12.4. The maximum Gasteiger partial charge on any atom is 0.417 e. The van der Waals surface area contributed by atoms with Gasteiger partial charge in [-0.15, -0.1) is 29.9 Å². The number of nitrogens with one attached hydrogen (secondary N) is 1. The summed E-state index contributed by atoms with van der Waals surface area (Å²) >= 11 is 0. The lowest BCUT2D eigenvalue weighted by molar-refractivity contribution is -0.137. The summed E-state index contributed by atoms with van der Waals surface area (Å²) in [5.74, 6) is -0.00473. The van der Waals surface area contributed by atoms with E-state index in [-0.39, 0.29) is 54.2 Å². The molecule has 2 atom stereocenters. The highest BCUT2D eigenvalue weighted by Crippen LogP contribution is 2.28. The van der Waals surface area contributed by atoms with Crippen LogP contribution in [-0.4, -0.2) is 38.5 Å². The summed E-state index contributed by atoms with van der Waals surface area (Å²) in [6.45, 7) is 0.507. The lowest BCUT2D eigenvalue weighted by atomic mass is 9.84. The van der Waals surface area contributed by atoms with Crippen LogP contribution in [0.25, 0.3) is 5.82 Å². The Balaban J connectivity index is 0.00000196. The first-order valence-electron chi connectivity index (χ1n) is 8.35. The van der Waals surface area contributed by atoms with E-state index in [0.29, 0.717) is 12.7 Å². The Morgan fingerprint density at radius 2 is 1.96 bits per heavy atom. The topological polar surface area (TPSA) is 98.7 Å². The summed E-state index contributed by atoms with van der Waals surface area (Å²) in [5.41, 5.74) is 4.98. The second kappa shape index (κ2) is 10.0. The SMILES string of the molecule is Cl.Cl.NCC1CCCCC1NC(=O)c1cn(-c2ccc(C(F)(F)F)cn2)nn1. The largest absolute Gasteiger partial charge is 0.417 e. The Kier molecular flexibility index (Phi) is 8.65. The lowest BCUT2D eigenvalue weighted by Gasteiger charge is -2.30. The van der Waals surface area contributed by atoms with Crippen LogP contribution < -0.4 is 11.1 Å². The molecule has 0 saturated heterocycles. The fraction of sp³-hybridized carbons (Fsp3) is 0.500. The van der Waals surface area contributed by atoms with Crippen molar-refractivity contribution in [1.29, 1.82) is 0 Å². The van der Waals surface area contributed by atoms with E-state index in [9.17, 15) is 18.0 Å². The molecule has 156 valence electrons. The Bertz CT molecular complexity index is 768. The van der Waals surface area contributed by atoms with Gasteiger partial charge < -0.3 is 11.1 Å². The van der Waals surface area contributed by atoms with Crippen LogP contribution in [0.15, 0.2) is 24.5 Å². The van der Waals surface area contributed by atoms with Crippen LogP contribution in [0.1, 0.15) is 41.7 Å². The average molecular weight is 441 g/mol. The molecule has 7 nitrogen and oxygen atoms in total. The predicted octanol–water partition coefficient (Wildman–Crippen LogP) is 2.77. The molecule has 0 aliphatic heterocycles. The van der Waals surface area contributed by atoms with Gasteiger partial charge in [-0.25, -0.2) is 9.67 Å². The Labute approximate surface area is 172 Å². The molecular weight excluding hydrogens is 420 g/mol. The standard InChI is InChI=1S/C16H19F3N6O.2ClH/c17-16(18,19)11-5-6-14(21-8-11)25-9-13(23-24-25)15(26)22-12-4-2-1-3-10(12)7-20;;/h5-6,8-10,12H,1-4,7,20H2,(H,22,26);2*1H. The first-order valence-corrected chi connectivity index (χ1v) is 8.35. The molecule has 2 aromatic heterocycles. The van der Waals surface area contributed by atoms with Gasteiger partial charge in [-0.1, -0.05) is 18.1 Å². The maximum absolute atomic E-state index is 12.6. The molecule has 0 aromatic carbocycles. The molecule has 3 N–H and O–H groups in total. The minimum Gasteiger partial charge on any atom is -0.348 e. The third kappa shape index (κ3) is 5.55. The Hall–Kier alpha value is -1.91. The molecule has 1 fully saturated rings. The summed E-state index contributed by atoms with van der Waals surface area (Å²) in [7, 11) is 0. The van der Waals surface area contributed by atoms with E-state index in [2.05, 4.69) is 20.6 Å². The first kappa shape index (κ1) is 24.1. The fourth-order valence-corrected chi connectivity index (χ4v) is 3.09. The maximum atomic E-state index is 12.6. The third-order valence-corrected chi connectivity index (χ3v) is 4.56. The zero-order valence-corrected chi connectivity index (χ0v) is 16.4. The van der Waals surface area contributed by atoms with Crippen LogP contribution in [0.3, 0.4) is 0 Å². The minimum atomic E-state index is -4.46. The van der Waals surface area contributed by atoms with Crippen LogP contribution in [0.5, 0.6) is 0 Å². The van der Waals surface area contributed by atoms with E-state index in [4.69, 9.17) is 5.73 Å². The second-order valence-corrected chi connectivity index (χ2v) is 6.31. The van der Waals surface area contributed by atoms with Crippen LogP contribution in [-0.2, 0) is 6.18 Å². The molecule has 1 aliphatic carbocycles. The van der Waals surface area contributed by atoms with Gasteiger partial charge in [0.05, 0.1) is 11.8 Å². The van der Waals surface area contributed by atoms with Gasteiger partial charge in [0.15, 0.2) is 11.5 Å². The summed E-state index contributed by atoms with van der Waals surface area (Å²) in [4.78, 5) is 16.1. The van der Waals surface area contributed by atoms with Gasteiger partial charge in [0, 0.05) is 12.2 Å². The summed E-state index contributed by atoms with van der Waals surface area (Å²) < 4.78 is 38.9. The molecule has 3 rings (SSSR count). The number of nitrogens with zero attached hydrogens (tertiary/aromatic N) is 4. The zero-order chi connectivity index (χ0) is 18.7. The number of halogens is 5. The Morgan fingerprint density at radius 1 is 1.25 bits per heavy atom. The quantitative estimate of drug-likeness (QED) is 0.761. The number of aromatic nitrogens is 4. The van der Waals surface area contributed by atoms with Gasteiger partial charge in [0.2, 0.25) is 0 Å². The second-order valence-electron chi connectivity index (χ2n) is 6.31. The predicted molar refractivity (Wildman–Crippen MR) is 101 cm³/mol. The molecule has 0 radical (unpaired) electrons. The van der Waals surface area contributed by atoms with Crippen LogP contribution in [0.4, 0.5) is 13.2 Å². The van der Waals surface area contributed by atoms with Crippen molar-refractivity contribution in [1.82, 2.24) is 25.3 Å². The number of alkyl halides is 3. The minimum absolute atomic E-state index is 0. The number of pyridine rings is 1. The smallest absolute Gasteiger partial charge is 0.348 e. The van der Waals surface area contributed by atoms with E-state index in [1.54, 1.807) is 0 Å². The molecule has 2 aromatic rings. The molecule has 28 heavy (non-hydrogen) atoms. The highest BCUT2D eigenvalue weighted by atomic mass is 35.5. The number of rotatable bonds is 4. The van der Waals surface area contributed by atoms with E-state index < -0.39 is 11.7 Å². The van der Waals surface area contributed by atoms with Crippen molar-refractivity contribution in [2.45, 2.75) is 37.9 Å². The molecule has 1 amide bonds. The highest BCUT2D eigenvalue weighted by molar-refractivity contribution is 5.92. The van der Waals surface area contributed by atoms with Gasteiger partial charge in [0.1, 0.15) is 0 Å². The number of amides is 1. The van der Waals surface area contributed by atoms with Gasteiger partial charge in [-0.3, -0.25) is 4.79 Å². The molecule has 1 saturated carbocycles. The summed E-state index contributed by atoms with van der Waals surface area (Å²) in [6.07, 6.45) is 1.56. The number of nitrogens with two attached hydrogens (primary N) is 1. The van der Waals surface area contributed by atoms with E-state index >= 15 is 0 Å². The molecule has 12 heteroatoms. The number of carbonyl (C=O) groups is 1. The lowest BCUT2D eigenvalue weighted by Crippen LogP contribution is -2.44. The number of hydrogen-bond donors (Lipinski definition) is 2. The normalized spacial score (nSPS) is 19.3. The van der Waals surface area contributed by atoms with Gasteiger partial charge >= 0.3 is 6.18 Å². The van der Waals surface area contributed by atoms with Crippen molar-refractivity contribution in [2.75, 3.05) is 6.54 Å². The molecule has 1 aliphatic rings. The van der Waals surface area contributed by atoms with Crippen LogP contribution in [0.2, 0.25) is 0 Å². The van der Waals surface area contributed by atoms with E-state index in [1.807, 2.05) is 0 Å². The third-order valence-electron chi connectivity index (χ3n) is 4.56. The van der Waals surface area contributed by atoms with Crippen molar-refractivity contribution in [3.05, 3.63) is 35.8 Å². The summed E-state index contributed by atoms with van der Waals surface area (Å²) in [6, 6.07) is 2.07. The van der Waals surface area contributed by atoms with Crippen molar-refractivity contribution in [3.63, 3.8) is 0 Å². The summed E-state index contributed by atoms with van der Waals surface area (Å²) in [5, 5.41) is 10.5. The van der Waals surface area contributed by atoms with E-state index in [1.165, 1.54) is 12.3 Å². The highest BCUT2D eigenvalue weighted by Gasteiger charge is 2.31. The number of carbonyl (C=O) groups excluding carboxylic acids is 1. The van der Waals surface area contributed by atoms with Crippen molar-refractivity contribution < 1.29 is 18.0 Å². The van der Waals surface area contributed by atoms with Gasteiger partial charge in [-0.05, 0) is 37.4 Å². The molecule has 2 unspecified atom stereocenters. The Morgan fingerprint density at radius 3 is 2.57 bits per heavy atom. The number of hydrogen-bond acceptors (Lipinski definition) is 5. The molecule has 0 bridgehead atoms. The van der Waals surface area contributed by atoms with Crippen LogP contribution >= 0.6 is 24.8 Å². The molecule has 2 heterocycles. The average Bonchev–Trinajstić information content (AvgIpc) is 3.12. The molecule has 0 spiro atoms. The van der Waals surface area contributed by atoms with Crippen molar-refractivity contribution >= 4 is 30.7 Å². The molecular formula is C16H21Cl2F3N6O. The zero-order valence-electron chi connectivity index (χ0n) is 14.7. The van der Waals surface area contributed by atoms with E-state index in [0.717, 1.165) is 36.4 Å². The van der Waals surface area contributed by atoms with Crippen LogP contribution in [0, 0.1) is 5.92 Å². The van der Waals surface area contributed by atoms with Gasteiger partial charge in [-0.2, -0.15) is 13.2 Å². The monoisotopic (exact) mass is 440 g/mol. The fourth-order valence-electron chi connectivity index (χ4n) is 3.09. The van der Waals surface area contributed by atoms with Gasteiger partial charge in [0.25, 0.3) is 5.91 Å². The van der Waals surface area contributed by atoms with Crippen molar-refractivity contribution in [2.24, 2.45) is 11.7 Å².